The monoisotopic (exact) mass is 428 g/mol. The third kappa shape index (κ3) is 6.12. The fourth-order valence-electron chi connectivity index (χ4n) is 1.81. The number of nitrogens with zero attached hydrogens (tertiary/aromatic N) is 2. The molecule has 0 spiro atoms. The van der Waals surface area contributed by atoms with E-state index in [2.05, 4.69) is 41.8 Å². The van der Waals surface area contributed by atoms with Gasteiger partial charge in [-0.1, -0.05) is 12.1 Å². The van der Waals surface area contributed by atoms with Gasteiger partial charge in [0.25, 0.3) is 0 Å². The van der Waals surface area contributed by atoms with Crippen molar-refractivity contribution in [2.75, 3.05) is 0 Å². The van der Waals surface area contributed by atoms with Gasteiger partial charge in [-0.2, -0.15) is 0 Å². The molecule has 0 atom stereocenters. The summed E-state index contributed by atoms with van der Waals surface area (Å²) in [5, 5.41) is 8.58. The van der Waals surface area contributed by atoms with Crippen LogP contribution in [-0.4, -0.2) is 21.2 Å². The van der Waals surface area contributed by atoms with Crippen LogP contribution in [0.4, 0.5) is 0 Å². The maximum Gasteiger partial charge on any atom is 0.106 e. The molecule has 3 rings (SSSR count). The van der Waals surface area contributed by atoms with E-state index in [1.165, 1.54) is 19.3 Å². The van der Waals surface area contributed by atoms with E-state index in [0.717, 1.165) is 14.9 Å². The summed E-state index contributed by atoms with van der Waals surface area (Å²) in [6.07, 6.45) is 4.24. The number of pyridine rings is 2. The molecule has 0 aliphatic heterocycles. The summed E-state index contributed by atoms with van der Waals surface area (Å²) in [5.74, 6) is 0. The predicted octanol–water partition coefficient (Wildman–Crippen LogP) is 4.25. The van der Waals surface area contributed by atoms with Crippen molar-refractivity contribution < 1.29 is 9.84 Å². The minimum absolute atomic E-state index is 0.000556. The van der Waals surface area contributed by atoms with Crippen LogP contribution in [0.3, 0.4) is 0 Å². The number of rotatable bonds is 4. The van der Waals surface area contributed by atoms with Gasteiger partial charge in [0.15, 0.2) is 0 Å². The molecule has 2 aromatic heterocycles. The van der Waals surface area contributed by atoms with Crippen molar-refractivity contribution in [3.63, 3.8) is 0 Å². The molecular formula is C16H18Br2N2O2. The fraction of sp³-hybridized carbons (Fsp3) is 0.375. The van der Waals surface area contributed by atoms with Gasteiger partial charge in [-0.15, -0.1) is 0 Å². The van der Waals surface area contributed by atoms with E-state index in [9.17, 15) is 0 Å². The van der Waals surface area contributed by atoms with E-state index in [1.54, 1.807) is 6.07 Å². The Labute approximate surface area is 147 Å². The smallest absolute Gasteiger partial charge is 0.106 e. The summed E-state index contributed by atoms with van der Waals surface area (Å²) in [6, 6.07) is 11.3. The summed E-state index contributed by atoms with van der Waals surface area (Å²) in [4.78, 5) is 8.25. The van der Waals surface area contributed by atoms with E-state index in [0.29, 0.717) is 18.4 Å². The molecule has 22 heavy (non-hydrogen) atoms. The SMILES string of the molecule is Brc1cccc(COC2CCC2)n1.OCc1cccc(Br)n1. The van der Waals surface area contributed by atoms with Gasteiger partial charge in [0.05, 0.1) is 30.7 Å². The zero-order valence-electron chi connectivity index (χ0n) is 12.1. The van der Waals surface area contributed by atoms with Crippen LogP contribution in [-0.2, 0) is 18.0 Å². The summed E-state index contributed by atoms with van der Waals surface area (Å²) in [6.45, 7) is 0.642. The van der Waals surface area contributed by atoms with Crippen molar-refractivity contribution in [3.8, 4) is 0 Å². The Balaban J connectivity index is 0.000000172. The first-order valence-corrected chi connectivity index (χ1v) is 8.71. The summed E-state index contributed by atoms with van der Waals surface area (Å²) < 4.78 is 7.27. The van der Waals surface area contributed by atoms with Crippen molar-refractivity contribution in [1.82, 2.24) is 9.97 Å². The van der Waals surface area contributed by atoms with Gasteiger partial charge in [-0.25, -0.2) is 9.97 Å². The zero-order valence-corrected chi connectivity index (χ0v) is 15.3. The molecule has 0 aromatic carbocycles. The first-order valence-electron chi connectivity index (χ1n) is 7.12. The minimum Gasteiger partial charge on any atom is -0.390 e. The highest BCUT2D eigenvalue weighted by Gasteiger charge is 2.17. The number of aliphatic hydroxyl groups is 1. The molecular weight excluding hydrogens is 412 g/mol. The van der Waals surface area contributed by atoms with E-state index >= 15 is 0 Å². The highest BCUT2D eigenvalue weighted by molar-refractivity contribution is 9.10. The number of ether oxygens (including phenoxy) is 1. The van der Waals surface area contributed by atoms with Crippen LogP contribution in [0.2, 0.25) is 0 Å². The van der Waals surface area contributed by atoms with Crippen LogP contribution >= 0.6 is 31.9 Å². The number of aromatic nitrogens is 2. The first kappa shape index (κ1) is 17.5. The topological polar surface area (TPSA) is 55.2 Å². The maximum absolute atomic E-state index is 8.58. The van der Waals surface area contributed by atoms with Gasteiger partial charge in [0.1, 0.15) is 9.21 Å². The molecule has 0 amide bonds. The lowest BCUT2D eigenvalue weighted by Crippen LogP contribution is -2.21. The highest BCUT2D eigenvalue weighted by atomic mass is 79.9. The van der Waals surface area contributed by atoms with Crippen LogP contribution in [0.15, 0.2) is 45.6 Å². The highest BCUT2D eigenvalue weighted by Crippen LogP contribution is 2.22. The van der Waals surface area contributed by atoms with Gasteiger partial charge in [0, 0.05) is 0 Å². The van der Waals surface area contributed by atoms with Gasteiger partial charge in [0.2, 0.25) is 0 Å². The van der Waals surface area contributed by atoms with Crippen molar-refractivity contribution >= 4 is 31.9 Å². The van der Waals surface area contributed by atoms with Crippen molar-refractivity contribution in [2.24, 2.45) is 0 Å². The number of aliphatic hydroxyl groups excluding tert-OH is 1. The van der Waals surface area contributed by atoms with Gasteiger partial charge < -0.3 is 9.84 Å². The Morgan fingerprint density at radius 1 is 1.00 bits per heavy atom. The second-order valence-corrected chi connectivity index (χ2v) is 6.55. The van der Waals surface area contributed by atoms with E-state index in [4.69, 9.17) is 9.84 Å². The quantitative estimate of drug-likeness (QED) is 0.738. The average molecular weight is 430 g/mol. The maximum atomic E-state index is 8.58. The predicted molar refractivity (Wildman–Crippen MR) is 92.2 cm³/mol. The van der Waals surface area contributed by atoms with Crippen molar-refractivity contribution in [2.45, 2.75) is 38.6 Å². The first-order chi connectivity index (χ1) is 10.7. The number of hydrogen-bond donors (Lipinski definition) is 1. The molecule has 2 heterocycles. The van der Waals surface area contributed by atoms with Crippen LogP contribution in [0.1, 0.15) is 30.7 Å². The van der Waals surface area contributed by atoms with Crippen LogP contribution in [0, 0.1) is 0 Å². The Morgan fingerprint density at radius 2 is 1.59 bits per heavy atom. The molecule has 4 nitrogen and oxygen atoms in total. The van der Waals surface area contributed by atoms with Gasteiger partial charge in [-0.05, 0) is 75.4 Å². The second-order valence-electron chi connectivity index (χ2n) is 4.93. The molecule has 1 fully saturated rings. The molecule has 0 bridgehead atoms. The third-order valence-corrected chi connectivity index (χ3v) is 4.11. The fourth-order valence-corrected chi connectivity index (χ4v) is 2.57. The third-order valence-electron chi connectivity index (χ3n) is 3.23. The number of hydrogen-bond acceptors (Lipinski definition) is 4. The van der Waals surface area contributed by atoms with Crippen molar-refractivity contribution in [3.05, 3.63) is 57.0 Å². The lowest BCUT2D eigenvalue weighted by molar-refractivity contribution is -0.0101. The van der Waals surface area contributed by atoms with Crippen LogP contribution in [0.5, 0.6) is 0 Å². The molecule has 118 valence electrons. The lowest BCUT2D eigenvalue weighted by atomic mass is 9.96. The Morgan fingerprint density at radius 3 is 2.05 bits per heavy atom. The van der Waals surface area contributed by atoms with E-state index < -0.39 is 0 Å². The minimum atomic E-state index is -0.000556. The van der Waals surface area contributed by atoms with Crippen LogP contribution in [0.25, 0.3) is 0 Å². The normalized spacial score (nSPS) is 14.0. The molecule has 1 N–H and O–H groups in total. The molecule has 1 aliphatic carbocycles. The largest absolute Gasteiger partial charge is 0.390 e. The Kier molecular flexibility index (Phi) is 7.45. The molecule has 1 aliphatic rings. The molecule has 0 unspecified atom stereocenters. The number of halogens is 2. The zero-order chi connectivity index (χ0) is 15.8. The summed E-state index contributed by atoms with van der Waals surface area (Å²) >= 11 is 6.51. The second kappa shape index (κ2) is 9.35. The standard InChI is InChI=1S/C10H12BrNO.C6H6BrNO/c11-10-6-1-3-8(12-10)7-13-9-4-2-5-9;7-6-3-1-2-5(4-9)8-6/h1,3,6,9H,2,4-5,7H2;1-3,9H,4H2. The molecule has 0 radical (unpaired) electrons. The molecule has 1 saturated carbocycles. The average Bonchev–Trinajstić information content (AvgIpc) is 2.46. The molecule has 2 aromatic rings. The molecule has 0 saturated heterocycles. The lowest BCUT2D eigenvalue weighted by Gasteiger charge is -2.25. The van der Waals surface area contributed by atoms with E-state index in [-0.39, 0.29) is 6.61 Å². The van der Waals surface area contributed by atoms with Gasteiger partial charge in [-0.3, -0.25) is 0 Å². The summed E-state index contributed by atoms with van der Waals surface area (Å²) in [5.41, 5.74) is 1.69. The summed E-state index contributed by atoms with van der Waals surface area (Å²) in [7, 11) is 0. The molecule has 6 heteroatoms. The van der Waals surface area contributed by atoms with Crippen LogP contribution < -0.4 is 0 Å². The Hall–Kier alpha value is -0.820. The van der Waals surface area contributed by atoms with Crippen molar-refractivity contribution in [1.29, 1.82) is 0 Å². The Bertz CT molecular complexity index is 592. The van der Waals surface area contributed by atoms with Gasteiger partial charge >= 0.3 is 0 Å². The van der Waals surface area contributed by atoms with E-state index in [1.807, 2.05) is 30.3 Å².